The minimum atomic E-state index is -1.04. The van der Waals surface area contributed by atoms with Crippen LogP contribution in [-0.4, -0.2) is 12.6 Å². The van der Waals surface area contributed by atoms with Crippen LogP contribution < -0.4 is 0 Å². The first-order valence-corrected chi connectivity index (χ1v) is 10.5. The Kier molecular flexibility index (Phi) is 7.33. The molecule has 5 heteroatoms. The third-order valence-electron chi connectivity index (χ3n) is 6.05. The Labute approximate surface area is 166 Å². The van der Waals surface area contributed by atoms with Gasteiger partial charge in [-0.25, -0.2) is 0 Å². The zero-order chi connectivity index (χ0) is 20.0. The van der Waals surface area contributed by atoms with Gasteiger partial charge < -0.3 is 4.74 Å². The van der Waals surface area contributed by atoms with Crippen molar-refractivity contribution < 1.29 is 9.53 Å². The van der Waals surface area contributed by atoms with E-state index >= 15 is 0 Å². The topological polar surface area (TPSA) is 73.9 Å². The average Bonchev–Trinajstić information content (AvgIpc) is 2.99. The van der Waals surface area contributed by atoms with E-state index in [1.54, 1.807) is 19.1 Å². The molecule has 2 rings (SSSR count). The van der Waals surface area contributed by atoms with E-state index in [4.69, 9.17) is 4.74 Å². The largest absolute Gasteiger partial charge is 0.465 e. The van der Waals surface area contributed by atoms with Crippen LogP contribution >= 0.6 is 11.8 Å². The lowest BCUT2D eigenvalue weighted by Gasteiger charge is -2.32. The number of ether oxygens (including phenoxy) is 1. The first-order chi connectivity index (χ1) is 12.9. The Bertz CT molecular complexity index is 765. The summed E-state index contributed by atoms with van der Waals surface area (Å²) in [6.45, 7) is 8.77. The number of hydrogen-bond donors (Lipinski definition) is 0. The highest BCUT2D eigenvalue weighted by atomic mass is 32.2. The molecule has 1 aliphatic rings. The van der Waals surface area contributed by atoms with Crippen LogP contribution in [0, 0.1) is 39.7 Å². The molecule has 4 atom stereocenters. The van der Waals surface area contributed by atoms with Gasteiger partial charge in [0.2, 0.25) is 0 Å². The van der Waals surface area contributed by atoms with E-state index in [9.17, 15) is 15.3 Å². The predicted octanol–water partition coefficient (Wildman–Crippen LogP) is 5.17. The van der Waals surface area contributed by atoms with Crippen molar-refractivity contribution in [3.63, 3.8) is 0 Å². The molecule has 0 bridgehead atoms. The van der Waals surface area contributed by atoms with Crippen LogP contribution in [0.5, 0.6) is 0 Å². The van der Waals surface area contributed by atoms with Crippen LogP contribution in [0.1, 0.15) is 63.6 Å². The van der Waals surface area contributed by atoms with E-state index in [1.165, 1.54) is 0 Å². The average molecular weight is 385 g/mol. The number of esters is 1. The Morgan fingerprint density at radius 2 is 2.07 bits per heavy atom. The Morgan fingerprint density at radius 1 is 1.33 bits per heavy atom. The van der Waals surface area contributed by atoms with Gasteiger partial charge in [0.1, 0.15) is 5.40 Å². The fraction of sp³-hybridized carbons (Fsp3) is 0.591. The van der Waals surface area contributed by atoms with Gasteiger partial charge in [-0.2, -0.15) is 10.5 Å². The van der Waals surface area contributed by atoms with E-state index in [-0.39, 0.29) is 18.5 Å². The molecule has 1 aromatic carbocycles. The maximum Gasteiger partial charge on any atom is 0.328 e. The van der Waals surface area contributed by atoms with Crippen LogP contribution in [0.15, 0.2) is 18.2 Å². The molecule has 0 saturated carbocycles. The number of thioether (sulfide) groups is 1. The lowest BCUT2D eigenvalue weighted by molar-refractivity contribution is -0.147. The second-order valence-corrected chi connectivity index (χ2v) is 8.51. The molecular weight excluding hydrogens is 356 g/mol. The molecule has 144 valence electrons. The molecule has 0 N–H and O–H groups in total. The van der Waals surface area contributed by atoms with Crippen molar-refractivity contribution in [2.45, 2.75) is 58.1 Å². The zero-order valence-corrected chi connectivity index (χ0v) is 17.4. The zero-order valence-electron chi connectivity index (χ0n) is 16.6. The summed E-state index contributed by atoms with van der Waals surface area (Å²) in [6.07, 6.45) is 3.73. The van der Waals surface area contributed by atoms with Gasteiger partial charge in [-0.05, 0) is 72.5 Å². The minimum absolute atomic E-state index is 0.00310. The number of carbonyl (C=O) groups is 1. The highest BCUT2D eigenvalue weighted by molar-refractivity contribution is 8.05. The van der Waals surface area contributed by atoms with Gasteiger partial charge in [0.25, 0.3) is 0 Å². The van der Waals surface area contributed by atoms with Gasteiger partial charge in [0, 0.05) is 0 Å². The molecule has 0 aliphatic heterocycles. The van der Waals surface area contributed by atoms with Crippen molar-refractivity contribution in [2.24, 2.45) is 17.8 Å². The maximum absolute atomic E-state index is 13.1. The fourth-order valence-corrected chi connectivity index (χ4v) is 4.98. The summed E-state index contributed by atoms with van der Waals surface area (Å²) in [5.74, 6) is 0.822. The van der Waals surface area contributed by atoms with Crippen molar-refractivity contribution in [1.29, 1.82) is 10.5 Å². The number of hydrogen-bond acceptors (Lipinski definition) is 5. The molecule has 1 aliphatic carbocycles. The fourth-order valence-electron chi connectivity index (χ4n) is 4.02. The number of rotatable bonds is 8. The van der Waals surface area contributed by atoms with E-state index in [0.29, 0.717) is 17.4 Å². The molecule has 1 aromatic rings. The summed E-state index contributed by atoms with van der Waals surface area (Å²) < 4.78 is 4.38. The molecule has 0 saturated heterocycles. The molecule has 0 radical (unpaired) electrons. The van der Waals surface area contributed by atoms with Crippen molar-refractivity contribution in [3.05, 3.63) is 34.9 Å². The third kappa shape index (κ3) is 4.14. The number of thiocyanates is 1. The minimum Gasteiger partial charge on any atom is -0.465 e. The summed E-state index contributed by atoms with van der Waals surface area (Å²) in [5.41, 5.74) is 2.34. The van der Waals surface area contributed by atoms with Crippen LogP contribution in [0.2, 0.25) is 0 Å². The van der Waals surface area contributed by atoms with Gasteiger partial charge in [-0.3, -0.25) is 4.79 Å². The highest BCUT2D eigenvalue weighted by Crippen LogP contribution is 2.54. The Balaban J connectivity index is 2.44. The van der Waals surface area contributed by atoms with Crippen molar-refractivity contribution in [1.82, 2.24) is 0 Å². The number of benzene rings is 1. The summed E-state index contributed by atoms with van der Waals surface area (Å²) in [4.78, 5) is 13.1. The molecule has 0 amide bonds. The van der Waals surface area contributed by atoms with Crippen molar-refractivity contribution in [2.75, 3.05) is 6.61 Å². The molecule has 0 aromatic heterocycles. The molecule has 0 fully saturated rings. The van der Waals surface area contributed by atoms with Gasteiger partial charge in [0.05, 0.1) is 18.2 Å². The van der Waals surface area contributed by atoms with Crippen LogP contribution in [0.25, 0.3) is 0 Å². The Morgan fingerprint density at radius 3 is 2.67 bits per heavy atom. The smallest absolute Gasteiger partial charge is 0.328 e. The maximum atomic E-state index is 13.1. The monoisotopic (exact) mass is 384 g/mol. The summed E-state index contributed by atoms with van der Waals surface area (Å²) in [5, 5.41) is 21.0. The standard InChI is InChI=1S/C22H28N2O2S/c1-5-15(3)16(4)7-10-19-12-18-9-8-17(13-23)11-20(18)22(19,27-14-24)21(25)26-6-2/h8-9,11,15-16,19H,5-7,10,12H2,1-4H3/t15-,16+,19-,22+/m0/s1. The molecule has 0 spiro atoms. The lowest BCUT2D eigenvalue weighted by Crippen LogP contribution is -2.39. The van der Waals surface area contributed by atoms with Gasteiger partial charge >= 0.3 is 5.97 Å². The molecule has 27 heavy (non-hydrogen) atoms. The molecule has 0 unspecified atom stereocenters. The molecule has 0 heterocycles. The van der Waals surface area contributed by atoms with Crippen LogP contribution in [0.4, 0.5) is 0 Å². The Hall–Kier alpha value is -1.98. The normalized spacial score (nSPS) is 23.0. The molecule has 4 nitrogen and oxygen atoms in total. The van der Waals surface area contributed by atoms with Crippen molar-refractivity contribution in [3.8, 4) is 11.5 Å². The van der Waals surface area contributed by atoms with E-state index in [0.717, 1.165) is 48.6 Å². The van der Waals surface area contributed by atoms with Gasteiger partial charge in [0.15, 0.2) is 4.75 Å². The lowest BCUT2D eigenvalue weighted by atomic mass is 9.82. The van der Waals surface area contributed by atoms with Gasteiger partial charge in [-0.15, -0.1) is 0 Å². The summed E-state index contributed by atoms with van der Waals surface area (Å²) in [6, 6.07) is 7.64. The second kappa shape index (κ2) is 9.29. The van der Waals surface area contributed by atoms with Crippen LogP contribution in [0.3, 0.4) is 0 Å². The predicted molar refractivity (Wildman–Crippen MR) is 108 cm³/mol. The number of nitrogens with zero attached hydrogens (tertiary/aromatic N) is 2. The third-order valence-corrected chi connectivity index (χ3v) is 7.18. The highest BCUT2D eigenvalue weighted by Gasteiger charge is 2.54. The van der Waals surface area contributed by atoms with E-state index in [2.05, 4.69) is 32.2 Å². The van der Waals surface area contributed by atoms with Gasteiger partial charge in [-0.1, -0.05) is 39.7 Å². The summed E-state index contributed by atoms with van der Waals surface area (Å²) in [7, 11) is 0. The molecular formula is C22H28N2O2S. The summed E-state index contributed by atoms with van der Waals surface area (Å²) >= 11 is 0.992. The number of nitriles is 2. The quantitative estimate of drug-likeness (QED) is 0.457. The number of fused-ring (bicyclic) bond motifs is 1. The van der Waals surface area contributed by atoms with E-state index in [1.807, 2.05) is 6.07 Å². The number of carbonyl (C=O) groups excluding carboxylic acids is 1. The van der Waals surface area contributed by atoms with Crippen molar-refractivity contribution >= 4 is 17.7 Å². The van der Waals surface area contributed by atoms with E-state index < -0.39 is 4.75 Å². The first-order valence-electron chi connectivity index (χ1n) is 9.72. The first kappa shape index (κ1) is 21.3. The second-order valence-electron chi connectivity index (χ2n) is 7.47. The van der Waals surface area contributed by atoms with Crippen LogP contribution in [-0.2, 0) is 20.7 Å². The SMILES string of the molecule is CCOC(=O)[C@]1(SC#N)c2cc(C#N)ccc2C[C@@H]1CC[C@@H](C)[C@@H](C)CC.